The van der Waals surface area contributed by atoms with E-state index in [1.807, 2.05) is 23.6 Å². The summed E-state index contributed by atoms with van der Waals surface area (Å²) in [6.45, 7) is 0.640. The van der Waals surface area contributed by atoms with Crippen LogP contribution in [0.4, 0.5) is 0 Å². The maximum Gasteiger partial charge on any atom is 0.237 e. The molecule has 15 heavy (non-hydrogen) atoms. The lowest BCUT2D eigenvalue weighted by Crippen LogP contribution is -2.01. The van der Waals surface area contributed by atoms with Crippen molar-refractivity contribution >= 4 is 37.9 Å². The molecule has 2 nitrogen and oxygen atoms in total. The number of ketones is 1. The predicted octanol–water partition coefficient (Wildman–Crippen LogP) is 3.45. The molecule has 1 aliphatic rings. The molecule has 0 unspecified atom stereocenters. The van der Waals surface area contributed by atoms with Gasteiger partial charge in [-0.1, -0.05) is 0 Å². The van der Waals surface area contributed by atoms with Crippen LogP contribution < -0.4 is 0 Å². The minimum atomic E-state index is 0.0286. The van der Waals surface area contributed by atoms with Crippen LogP contribution in [0, 0.1) is 0 Å². The number of rotatable bonds is 2. The Kier molecular flexibility index (Phi) is 2.11. The number of ether oxygens (including phenoxy) is 1. The first-order valence-electron chi connectivity index (χ1n) is 4.69. The van der Waals surface area contributed by atoms with Crippen molar-refractivity contribution in [3.8, 4) is 0 Å². The van der Waals surface area contributed by atoms with Gasteiger partial charge in [0.15, 0.2) is 5.76 Å². The molecule has 0 amide bonds. The fourth-order valence-electron chi connectivity index (χ4n) is 1.58. The lowest BCUT2D eigenvalue weighted by atomic mass is 10.2. The molecule has 2 aromatic rings. The van der Waals surface area contributed by atoms with Crippen molar-refractivity contribution in [2.24, 2.45) is 0 Å². The highest BCUT2D eigenvalue weighted by Gasteiger charge is 2.19. The molecule has 0 spiro atoms. The minimum absolute atomic E-state index is 0.0286. The topological polar surface area (TPSA) is 26.3 Å². The Morgan fingerprint density at radius 2 is 2.33 bits per heavy atom. The lowest BCUT2D eigenvalue weighted by molar-refractivity contribution is 0.0946. The van der Waals surface area contributed by atoms with Crippen molar-refractivity contribution < 1.29 is 9.53 Å². The molecule has 0 saturated carbocycles. The number of Topliss-reactive ketones (excluding diaryl/α,β-unsaturated/α-hetero) is 1. The Labute approximate surface area is 94.8 Å². The fourth-order valence-corrected chi connectivity index (χ4v) is 3.63. The van der Waals surface area contributed by atoms with Gasteiger partial charge in [-0.3, -0.25) is 4.79 Å². The van der Waals surface area contributed by atoms with E-state index >= 15 is 0 Å². The molecule has 0 aromatic carbocycles. The number of allylic oxidation sites excluding steroid dienone is 1. The quantitative estimate of drug-likeness (QED) is 0.746. The van der Waals surface area contributed by atoms with Gasteiger partial charge in [0.1, 0.15) is 0 Å². The molecule has 0 aliphatic carbocycles. The van der Waals surface area contributed by atoms with E-state index in [0.29, 0.717) is 12.4 Å². The summed E-state index contributed by atoms with van der Waals surface area (Å²) in [5, 5.41) is 2.04. The summed E-state index contributed by atoms with van der Waals surface area (Å²) in [6, 6.07) is 4.00. The molecule has 76 valence electrons. The Morgan fingerprint density at radius 1 is 1.40 bits per heavy atom. The maximum absolute atomic E-state index is 11.9. The van der Waals surface area contributed by atoms with Crippen LogP contribution in [0.15, 0.2) is 29.3 Å². The molecule has 2 aromatic heterocycles. The number of fused-ring (bicyclic) bond motifs is 1. The molecule has 0 N–H and O–H groups in total. The van der Waals surface area contributed by atoms with E-state index in [1.165, 1.54) is 20.7 Å². The Bertz CT molecular complexity index is 519. The normalized spacial score (nSPS) is 15.3. The molecule has 4 heteroatoms. The summed E-state index contributed by atoms with van der Waals surface area (Å²) in [6.07, 6.45) is 2.72. The molecular formula is C11H8O2S2. The first-order chi connectivity index (χ1) is 7.34. The second kappa shape index (κ2) is 3.47. The van der Waals surface area contributed by atoms with E-state index < -0.39 is 0 Å². The fraction of sp³-hybridized carbons (Fsp3) is 0.182. The average molecular weight is 236 g/mol. The second-order valence-corrected chi connectivity index (χ2v) is 5.33. The first-order valence-corrected chi connectivity index (χ1v) is 6.39. The van der Waals surface area contributed by atoms with E-state index in [4.69, 9.17) is 4.74 Å². The van der Waals surface area contributed by atoms with Gasteiger partial charge in [0.2, 0.25) is 5.78 Å². The highest BCUT2D eigenvalue weighted by Crippen LogP contribution is 2.31. The standard InChI is InChI=1S/C11H8O2S2/c12-11(7-2-1-4-13-7)10-6-9-8(15-10)3-5-14-9/h2-3,5-6H,1,4H2. The summed E-state index contributed by atoms with van der Waals surface area (Å²) in [7, 11) is 0. The van der Waals surface area contributed by atoms with Crippen LogP contribution in [0.5, 0.6) is 0 Å². The van der Waals surface area contributed by atoms with Crippen molar-refractivity contribution in [3.63, 3.8) is 0 Å². The maximum atomic E-state index is 11.9. The summed E-state index contributed by atoms with van der Waals surface area (Å²) >= 11 is 3.20. The molecule has 3 rings (SSSR count). The third-order valence-corrected chi connectivity index (χ3v) is 4.38. The molecule has 0 atom stereocenters. The monoisotopic (exact) mass is 236 g/mol. The van der Waals surface area contributed by atoms with Gasteiger partial charge in [-0.2, -0.15) is 0 Å². The molecular weight excluding hydrogens is 228 g/mol. The predicted molar refractivity (Wildman–Crippen MR) is 62.7 cm³/mol. The zero-order valence-electron chi connectivity index (χ0n) is 7.86. The van der Waals surface area contributed by atoms with E-state index in [2.05, 4.69) is 0 Å². The van der Waals surface area contributed by atoms with E-state index in [-0.39, 0.29) is 5.78 Å². The van der Waals surface area contributed by atoms with Gasteiger partial charge in [-0.05, 0) is 23.6 Å². The van der Waals surface area contributed by atoms with Crippen molar-refractivity contribution in [2.45, 2.75) is 6.42 Å². The Balaban J connectivity index is 1.99. The van der Waals surface area contributed by atoms with Gasteiger partial charge < -0.3 is 4.74 Å². The van der Waals surface area contributed by atoms with E-state index in [9.17, 15) is 4.79 Å². The molecule has 0 fully saturated rings. The number of thiophene rings is 2. The van der Waals surface area contributed by atoms with Crippen LogP contribution in [-0.4, -0.2) is 12.4 Å². The van der Waals surface area contributed by atoms with Crippen LogP contribution in [0.1, 0.15) is 16.1 Å². The third kappa shape index (κ3) is 1.50. The summed E-state index contributed by atoms with van der Waals surface area (Å²) in [5.74, 6) is 0.546. The minimum Gasteiger partial charge on any atom is -0.489 e. The van der Waals surface area contributed by atoms with Gasteiger partial charge in [0.05, 0.1) is 11.5 Å². The molecule has 0 saturated heterocycles. The molecule has 3 heterocycles. The molecule has 0 bridgehead atoms. The van der Waals surface area contributed by atoms with Crippen LogP contribution >= 0.6 is 22.7 Å². The Hall–Kier alpha value is -1.13. The number of carbonyl (C=O) groups is 1. The highest BCUT2D eigenvalue weighted by molar-refractivity contribution is 7.28. The zero-order valence-corrected chi connectivity index (χ0v) is 9.49. The summed E-state index contributed by atoms with van der Waals surface area (Å²) < 4.78 is 7.63. The van der Waals surface area contributed by atoms with Crippen LogP contribution in [0.25, 0.3) is 9.40 Å². The molecule has 1 aliphatic heterocycles. The average Bonchev–Trinajstić information content (AvgIpc) is 2.92. The molecule has 0 radical (unpaired) electrons. The number of carbonyl (C=O) groups excluding carboxylic acids is 1. The van der Waals surface area contributed by atoms with Crippen molar-refractivity contribution in [3.05, 3.63) is 34.2 Å². The lowest BCUT2D eigenvalue weighted by Gasteiger charge is -1.98. The van der Waals surface area contributed by atoms with Gasteiger partial charge in [-0.15, -0.1) is 22.7 Å². The first kappa shape index (κ1) is 9.12. The van der Waals surface area contributed by atoms with Crippen LogP contribution in [-0.2, 0) is 4.74 Å². The van der Waals surface area contributed by atoms with Crippen LogP contribution in [0.3, 0.4) is 0 Å². The third-order valence-electron chi connectivity index (χ3n) is 2.29. The smallest absolute Gasteiger partial charge is 0.237 e. The van der Waals surface area contributed by atoms with Gasteiger partial charge in [0.25, 0.3) is 0 Å². The van der Waals surface area contributed by atoms with Crippen molar-refractivity contribution in [1.82, 2.24) is 0 Å². The number of hydrogen-bond acceptors (Lipinski definition) is 4. The van der Waals surface area contributed by atoms with Crippen LogP contribution in [0.2, 0.25) is 0 Å². The van der Waals surface area contributed by atoms with Gasteiger partial charge in [-0.25, -0.2) is 0 Å². The van der Waals surface area contributed by atoms with Crippen molar-refractivity contribution in [2.75, 3.05) is 6.61 Å². The SMILES string of the molecule is O=C(C1=CCCO1)c1cc2sccc2s1. The number of hydrogen-bond donors (Lipinski definition) is 0. The van der Waals surface area contributed by atoms with Gasteiger partial charge in [0, 0.05) is 15.8 Å². The van der Waals surface area contributed by atoms with E-state index in [0.717, 1.165) is 11.3 Å². The van der Waals surface area contributed by atoms with Gasteiger partial charge >= 0.3 is 0 Å². The Morgan fingerprint density at radius 3 is 3.07 bits per heavy atom. The second-order valence-electron chi connectivity index (χ2n) is 3.29. The highest BCUT2D eigenvalue weighted by atomic mass is 32.1. The summed E-state index contributed by atoms with van der Waals surface area (Å²) in [4.78, 5) is 12.7. The summed E-state index contributed by atoms with van der Waals surface area (Å²) in [5.41, 5.74) is 0. The van der Waals surface area contributed by atoms with E-state index in [1.54, 1.807) is 11.3 Å². The zero-order chi connectivity index (χ0) is 10.3. The largest absolute Gasteiger partial charge is 0.489 e. The van der Waals surface area contributed by atoms with Crippen molar-refractivity contribution in [1.29, 1.82) is 0 Å².